The Kier molecular flexibility index (Phi) is 16.0. The van der Waals surface area contributed by atoms with E-state index < -0.39 is 0 Å². The Labute approximate surface area is 122 Å². The van der Waals surface area contributed by atoms with Crippen molar-refractivity contribution in [3.63, 3.8) is 0 Å². The van der Waals surface area contributed by atoms with Gasteiger partial charge in [0, 0.05) is 0 Å². The van der Waals surface area contributed by atoms with Crippen LogP contribution in [0, 0.1) is 5.92 Å². The van der Waals surface area contributed by atoms with Crippen molar-refractivity contribution >= 4 is 0 Å². The lowest BCUT2D eigenvalue weighted by Crippen LogP contribution is -2.13. The summed E-state index contributed by atoms with van der Waals surface area (Å²) in [4.78, 5) is 0. The van der Waals surface area contributed by atoms with Crippen molar-refractivity contribution in [3.05, 3.63) is 0 Å². The maximum atomic E-state index is 3.32. The molecule has 0 aliphatic rings. The highest BCUT2D eigenvalue weighted by Crippen LogP contribution is 2.21. The summed E-state index contributed by atoms with van der Waals surface area (Å²) < 4.78 is 0. The van der Waals surface area contributed by atoms with Gasteiger partial charge in [-0.05, 0) is 25.9 Å². The molecule has 19 heavy (non-hydrogen) atoms. The van der Waals surface area contributed by atoms with Crippen molar-refractivity contribution in [3.8, 4) is 0 Å². The second-order valence-electron chi connectivity index (χ2n) is 6.16. The third-order valence-corrected chi connectivity index (χ3v) is 4.23. The number of nitrogens with one attached hydrogen (secondary N) is 1. The molecule has 0 fully saturated rings. The van der Waals surface area contributed by atoms with Crippen molar-refractivity contribution in [2.45, 2.75) is 97.3 Å². The highest BCUT2D eigenvalue weighted by molar-refractivity contribution is 4.62. The van der Waals surface area contributed by atoms with Crippen molar-refractivity contribution in [2.24, 2.45) is 5.92 Å². The number of hydrogen-bond donors (Lipinski definition) is 1. The Morgan fingerprint density at radius 1 is 0.632 bits per heavy atom. The number of hydrogen-bond acceptors (Lipinski definition) is 1. The van der Waals surface area contributed by atoms with Crippen molar-refractivity contribution in [1.29, 1.82) is 0 Å². The zero-order valence-corrected chi connectivity index (χ0v) is 14.0. The molecule has 1 unspecified atom stereocenters. The minimum absolute atomic E-state index is 0.982. The smallest absolute Gasteiger partial charge is 0.00493 e. The Morgan fingerprint density at radius 2 is 1.11 bits per heavy atom. The standard InChI is InChI=1S/C18H39N/c1-4-6-8-10-11-13-15-18(16-17-19-3)14-12-9-7-5-2/h18-19H,4-17H2,1-3H3. The van der Waals surface area contributed by atoms with Gasteiger partial charge in [0.2, 0.25) is 0 Å². The van der Waals surface area contributed by atoms with Crippen LogP contribution >= 0.6 is 0 Å². The molecule has 0 bridgehead atoms. The molecule has 0 aliphatic heterocycles. The summed E-state index contributed by atoms with van der Waals surface area (Å²) in [6.45, 7) is 5.80. The van der Waals surface area contributed by atoms with Gasteiger partial charge in [0.1, 0.15) is 0 Å². The first-order chi connectivity index (χ1) is 9.35. The molecule has 1 heteroatoms. The quantitative estimate of drug-likeness (QED) is 0.363. The molecule has 1 nitrogen and oxygen atoms in total. The number of unbranched alkanes of at least 4 members (excludes halogenated alkanes) is 8. The van der Waals surface area contributed by atoms with Crippen LogP contribution in [-0.2, 0) is 0 Å². The molecule has 1 atom stereocenters. The summed E-state index contributed by atoms with van der Waals surface area (Å²) in [6, 6.07) is 0. The van der Waals surface area contributed by atoms with E-state index in [0.29, 0.717) is 0 Å². The van der Waals surface area contributed by atoms with E-state index in [4.69, 9.17) is 0 Å². The molecule has 0 rings (SSSR count). The minimum atomic E-state index is 0.982. The lowest BCUT2D eigenvalue weighted by molar-refractivity contribution is 0.378. The molecule has 0 aromatic rings. The highest BCUT2D eigenvalue weighted by Gasteiger charge is 2.07. The molecule has 0 amide bonds. The summed E-state index contributed by atoms with van der Waals surface area (Å²) in [5.74, 6) is 0.982. The molecule has 0 saturated heterocycles. The summed E-state index contributed by atoms with van der Waals surface area (Å²) in [6.07, 6.45) is 18.7. The van der Waals surface area contributed by atoms with Crippen LogP contribution in [0.3, 0.4) is 0 Å². The van der Waals surface area contributed by atoms with Crippen LogP contribution in [0.25, 0.3) is 0 Å². The lowest BCUT2D eigenvalue weighted by Gasteiger charge is -2.16. The normalized spacial score (nSPS) is 12.8. The third-order valence-electron chi connectivity index (χ3n) is 4.23. The van der Waals surface area contributed by atoms with E-state index in [9.17, 15) is 0 Å². The SMILES string of the molecule is CCCCCCCCC(CCCCCC)CCNC. The van der Waals surface area contributed by atoms with Crippen LogP contribution in [0.1, 0.15) is 97.3 Å². The zero-order chi connectivity index (χ0) is 14.2. The van der Waals surface area contributed by atoms with Crippen LogP contribution in [0.15, 0.2) is 0 Å². The fraction of sp³-hybridized carbons (Fsp3) is 1.00. The molecule has 0 radical (unpaired) electrons. The molecule has 0 aliphatic carbocycles. The molecule has 1 N–H and O–H groups in total. The van der Waals surface area contributed by atoms with Crippen LogP contribution in [0.2, 0.25) is 0 Å². The monoisotopic (exact) mass is 269 g/mol. The first-order valence-corrected chi connectivity index (χ1v) is 8.99. The fourth-order valence-electron chi connectivity index (χ4n) is 2.85. The highest BCUT2D eigenvalue weighted by atomic mass is 14.8. The van der Waals surface area contributed by atoms with Crippen molar-refractivity contribution in [1.82, 2.24) is 5.32 Å². The van der Waals surface area contributed by atoms with E-state index in [1.807, 2.05) is 0 Å². The van der Waals surface area contributed by atoms with E-state index in [-0.39, 0.29) is 0 Å². The Morgan fingerprint density at radius 3 is 1.63 bits per heavy atom. The summed E-state index contributed by atoms with van der Waals surface area (Å²) in [7, 11) is 2.08. The van der Waals surface area contributed by atoms with Gasteiger partial charge in [-0.3, -0.25) is 0 Å². The van der Waals surface area contributed by atoms with E-state index in [0.717, 1.165) is 5.92 Å². The largest absolute Gasteiger partial charge is 0.320 e. The van der Waals surface area contributed by atoms with Gasteiger partial charge >= 0.3 is 0 Å². The topological polar surface area (TPSA) is 12.0 Å². The molecular formula is C18H39N. The van der Waals surface area contributed by atoms with Gasteiger partial charge in [-0.15, -0.1) is 0 Å². The number of rotatable bonds is 15. The van der Waals surface area contributed by atoms with Crippen LogP contribution < -0.4 is 5.32 Å². The molecule has 0 aromatic carbocycles. The second kappa shape index (κ2) is 16.0. The van der Waals surface area contributed by atoms with E-state index in [2.05, 4.69) is 26.2 Å². The Balaban J connectivity index is 3.55. The van der Waals surface area contributed by atoms with Gasteiger partial charge in [0.15, 0.2) is 0 Å². The lowest BCUT2D eigenvalue weighted by atomic mass is 9.91. The molecule has 116 valence electrons. The van der Waals surface area contributed by atoms with Crippen molar-refractivity contribution < 1.29 is 0 Å². The second-order valence-corrected chi connectivity index (χ2v) is 6.16. The van der Waals surface area contributed by atoms with Crippen LogP contribution in [0.4, 0.5) is 0 Å². The average Bonchev–Trinajstić information content (AvgIpc) is 2.43. The van der Waals surface area contributed by atoms with E-state index >= 15 is 0 Å². The van der Waals surface area contributed by atoms with Gasteiger partial charge in [-0.25, -0.2) is 0 Å². The molecule has 0 aromatic heterocycles. The van der Waals surface area contributed by atoms with Crippen molar-refractivity contribution in [2.75, 3.05) is 13.6 Å². The maximum Gasteiger partial charge on any atom is -0.00493 e. The van der Waals surface area contributed by atoms with Gasteiger partial charge < -0.3 is 5.32 Å². The Bertz CT molecular complexity index is 156. The summed E-state index contributed by atoms with van der Waals surface area (Å²) >= 11 is 0. The molecular weight excluding hydrogens is 230 g/mol. The predicted molar refractivity (Wildman–Crippen MR) is 88.8 cm³/mol. The summed E-state index contributed by atoms with van der Waals surface area (Å²) in [5, 5.41) is 3.32. The molecule has 0 heterocycles. The molecule has 0 saturated carbocycles. The Hall–Kier alpha value is -0.0400. The average molecular weight is 270 g/mol. The maximum absolute atomic E-state index is 3.32. The van der Waals surface area contributed by atoms with Gasteiger partial charge in [0.05, 0.1) is 0 Å². The van der Waals surface area contributed by atoms with Crippen LogP contribution in [-0.4, -0.2) is 13.6 Å². The van der Waals surface area contributed by atoms with Gasteiger partial charge in [0.25, 0.3) is 0 Å². The zero-order valence-electron chi connectivity index (χ0n) is 14.0. The first kappa shape index (κ1) is 19.0. The van der Waals surface area contributed by atoms with E-state index in [1.165, 1.54) is 90.0 Å². The first-order valence-electron chi connectivity index (χ1n) is 8.99. The fourth-order valence-corrected chi connectivity index (χ4v) is 2.85. The predicted octanol–water partition coefficient (Wildman–Crippen LogP) is 5.93. The third kappa shape index (κ3) is 14.2. The van der Waals surface area contributed by atoms with Crippen LogP contribution in [0.5, 0.6) is 0 Å². The minimum Gasteiger partial charge on any atom is -0.320 e. The van der Waals surface area contributed by atoms with Gasteiger partial charge in [-0.1, -0.05) is 90.9 Å². The summed E-state index contributed by atoms with van der Waals surface area (Å²) in [5.41, 5.74) is 0. The van der Waals surface area contributed by atoms with E-state index in [1.54, 1.807) is 0 Å². The van der Waals surface area contributed by atoms with Gasteiger partial charge in [-0.2, -0.15) is 0 Å². The molecule has 0 spiro atoms.